The van der Waals surface area contributed by atoms with Crippen molar-refractivity contribution in [2.45, 2.75) is 71.1 Å². The fourth-order valence-electron chi connectivity index (χ4n) is 2.81. The summed E-state index contributed by atoms with van der Waals surface area (Å²) in [5.41, 5.74) is 0. The Hall–Kier alpha value is -0.320. The number of ether oxygens (including phenoxy) is 1. The molecule has 132 valence electrons. The Labute approximate surface area is 143 Å². The van der Waals surface area contributed by atoms with Crippen molar-refractivity contribution >= 4 is 5.97 Å². The molecule has 0 bridgehead atoms. The molecular formula is C17H35ClN2O2. The molecule has 0 aliphatic carbocycles. The molecule has 0 amide bonds. The second-order valence-electron chi connectivity index (χ2n) is 6.48. The number of esters is 1. The van der Waals surface area contributed by atoms with Gasteiger partial charge in [0.05, 0.1) is 20.1 Å². The van der Waals surface area contributed by atoms with Gasteiger partial charge in [0.15, 0.2) is 0 Å². The Morgan fingerprint density at radius 2 is 1.64 bits per heavy atom. The lowest BCUT2D eigenvalue weighted by Gasteiger charge is -2.12. The van der Waals surface area contributed by atoms with Crippen LogP contribution in [0, 0.1) is 0 Å². The molecule has 0 aromatic carbocycles. The summed E-state index contributed by atoms with van der Waals surface area (Å²) in [4.78, 5) is 15.3. The van der Waals surface area contributed by atoms with E-state index in [1.165, 1.54) is 56.3 Å². The van der Waals surface area contributed by atoms with Gasteiger partial charge in [0, 0.05) is 6.42 Å². The van der Waals surface area contributed by atoms with Crippen molar-refractivity contribution in [3.8, 4) is 0 Å². The number of carbonyl (C=O) groups is 1. The minimum Gasteiger partial charge on any atom is -1.00 e. The van der Waals surface area contributed by atoms with Gasteiger partial charge in [0.25, 0.3) is 0 Å². The summed E-state index contributed by atoms with van der Waals surface area (Å²) in [5, 5.41) is 0. The fourth-order valence-corrected chi connectivity index (χ4v) is 2.81. The third kappa shape index (κ3) is 11.3. The number of carbonyl (C=O) groups excluding carboxylic acids is 1. The number of quaternary nitrogens is 1. The molecule has 1 N–H and O–H groups in total. The van der Waals surface area contributed by atoms with E-state index >= 15 is 0 Å². The van der Waals surface area contributed by atoms with Crippen LogP contribution in [-0.2, 0) is 9.53 Å². The quantitative estimate of drug-likeness (QED) is 0.375. The van der Waals surface area contributed by atoms with Crippen molar-refractivity contribution in [2.24, 2.45) is 0 Å². The highest BCUT2D eigenvalue weighted by atomic mass is 35.5. The summed E-state index contributed by atoms with van der Waals surface area (Å²) in [7, 11) is 2.17. The normalized spacial score (nSPS) is 18.2. The summed E-state index contributed by atoms with van der Waals surface area (Å²) in [6, 6.07) is 0. The van der Waals surface area contributed by atoms with Gasteiger partial charge in [-0.2, -0.15) is 0 Å². The lowest BCUT2D eigenvalue weighted by Crippen LogP contribution is -3.07. The van der Waals surface area contributed by atoms with E-state index in [1.807, 2.05) is 0 Å². The smallest absolute Gasteiger partial charge is 0.307 e. The van der Waals surface area contributed by atoms with Crippen molar-refractivity contribution in [1.82, 2.24) is 4.90 Å². The second-order valence-corrected chi connectivity index (χ2v) is 6.48. The molecule has 22 heavy (non-hydrogen) atoms. The molecule has 1 aliphatic heterocycles. The van der Waals surface area contributed by atoms with Gasteiger partial charge in [0.1, 0.15) is 13.4 Å². The molecule has 0 radical (unpaired) electrons. The van der Waals surface area contributed by atoms with E-state index in [-0.39, 0.29) is 18.4 Å². The summed E-state index contributed by atoms with van der Waals surface area (Å²) in [5.74, 6) is -0.0255. The lowest BCUT2D eigenvalue weighted by atomic mass is 10.1. The molecule has 4 nitrogen and oxygen atoms in total. The van der Waals surface area contributed by atoms with Crippen molar-refractivity contribution in [1.29, 1.82) is 0 Å². The minimum atomic E-state index is -0.0255. The first-order valence-corrected chi connectivity index (χ1v) is 8.91. The van der Waals surface area contributed by atoms with Crippen LogP contribution < -0.4 is 17.3 Å². The molecule has 1 rings (SSSR count). The van der Waals surface area contributed by atoms with E-state index in [0.29, 0.717) is 13.2 Å². The van der Waals surface area contributed by atoms with Gasteiger partial charge in [-0.3, -0.25) is 4.79 Å². The van der Waals surface area contributed by atoms with Crippen LogP contribution in [0.25, 0.3) is 0 Å². The number of hydrogen-bond donors (Lipinski definition) is 1. The number of rotatable bonds is 12. The van der Waals surface area contributed by atoms with Gasteiger partial charge in [-0.1, -0.05) is 58.3 Å². The number of hydrogen-bond acceptors (Lipinski definition) is 3. The Balaban J connectivity index is 0.00000441. The molecule has 0 aromatic heterocycles. The third-order valence-corrected chi connectivity index (χ3v) is 4.24. The van der Waals surface area contributed by atoms with Crippen molar-refractivity contribution in [2.75, 3.05) is 33.5 Å². The SMILES string of the molecule is CCCCCCCCCCCC(=O)OCN1CC[NH+](C)C1.[Cl-]. The Morgan fingerprint density at radius 3 is 2.18 bits per heavy atom. The molecular weight excluding hydrogens is 300 g/mol. The first-order chi connectivity index (χ1) is 10.2. The number of unbranched alkanes of at least 4 members (excludes halogenated alkanes) is 8. The predicted molar refractivity (Wildman–Crippen MR) is 86.1 cm³/mol. The summed E-state index contributed by atoms with van der Waals surface area (Å²) >= 11 is 0. The zero-order valence-electron chi connectivity index (χ0n) is 14.5. The molecule has 0 spiro atoms. The summed E-state index contributed by atoms with van der Waals surface area (Å²) in [6.07, 6.45) is 12.1. The number of likely N-dealkylation sites (N-methyl/N-ethyl adjacent to an activating group) is 1. The van der Waals surface area contributed by atoms with E-state index in [4.69, 9.17) is 4.74 Å². The maximum Gasteiger partial charge on any atom is 0.307 e. The van der Waals surface area contributed by atoms with Gasteiger partial charge in [-0.05, 0) is 6.42 Å². The van der Waals surface area contributed by atoms with Crippen LogP contribution in [0.1, 0.15) is 71.1 Å². The van der Waals surface area contributed by atoms with E-state index in [2.05, 4.69) is 18.9 Å². The highest BCUT2D eigenvalue weighted by molar-refractivity contribution is 5.69. The van der Waals surface area contributed by atoms with E-state index < -0.39 is 0 Å². The van der Waals surface area contributed by atoms with E-state index in [1.54, 1.807) is 0 Å². The molecule has 0 saturated carbocycles. The zero-order valence-corrected chi connectivity index (χ0v) is 15.3. The van der Waals surface area contributed by atoms with Crippen molar-refractivity contribution in [3.05, 3.63) is 0 Å². The highest BCUT2D eigenvalue weighted by Gasteiger charge is 2.20. The van der Waals surface area contributed by atoms with Crippen LogP contribution in [-0.4, -0.2) is 44.4 Å². The first kappa shape index (κ1) is 21.7. The molecule has 5 heteroatoms. The molecule has 1 unspecified atom stereocenters. The maximum atomic E-state index is 11.6. The maximum absolute atomic E-state index is 11.6. The van der Waals surface area contributed by atoms with Gasteiger partial charge >= 0.3 is 5.97 Å². The standard InChI is InChI=1S/C17H34N2O2.ClH/c1-3-4-5-6-7-8-9-10-11-12-17(20)21-16-19-14-13-18(2)15-19;/h3-16H2,1-2H3;1H. The third-order valence-electron chi connectivity index (χ3n) is 4.24. The molecule has 1 aliphatic rings. The van der Waals surface area contributed by atoms with Crippen LogP contribution in [0.2, 0.25) is 0 Å². The second kappa shape index (κ2) is 14.3. The van der Waals surface area contributed by atoms with E-state index in [9.17, 15) is 4.79 Å². The van der Waals surface area contributed by atoms with Crippen LogP contribution in [0.4, 0.5) is 0 Å². The van der Waals surface area contributed by atoms with Crippen LogP contribution in [0.5, 0.6) is 0 Å². The Kier molecular flexibility index (Phi) is 14.1. The van der Waals surface area contributed by atoms with Gasteiger partial charge in [-0.15, -0.1) is 0 Å². The molecule has 1 heterocycles. The monoisotopic (exact) mass is 334 g/mol. The van der Waals surface area contributed by atoms with Crippen LogP contribution in [0.15, 0.2) is 0 Å². The van der Waals surface area contributed by atoms with Gasteiger partial charge in [0.2, 0.25) is 0 Å². The number of nitrogens with zero attached hydrogens (tertiary/aromatic N) is 1. The lowest BCUT2D eigenvalue weighted by molar-refractivity contribution is -0.871. The average molecular weight is 335 g/mol. The van der Waals surface area contributed by atoms with Crippen LogP contribution in [0.3, 0.4) is 0 Å². The van der Waals surface area contributed by atoms with Crippen LogP contribution >= 0.6 is 0 Å². The predicted octanol–water partition coefficient (Wildman–Crippen LogP) is -0.800. The van der Waals surface area contributed by atoms with E-state index in [0.717, 1.165) is 26.2 Å². The number of nitrogens with one attached hydrogen (secondary N) is 1. The summed E-state index contributed by atoms with van der Waals surface area (Å²) in [6.45, 7) is 5.91. The first-order valence-electron chi connectivity index (χ1n) is 8.91. The van der Waals surface area contributed by atoms with Gasteiger partial charge in [-0.25, -0.2) is 4.90 Å². The topological polar surface area (TPSA) is 34.0 Å². The molecule has 1 fully saturated rings. The van der Waals surface area contributed by atoms with Gasteiger partial charge < -0.3 is 22.0 Å². The molecule has 1 atom stereocenters. The van der Waals surface area contributed by atoms with Crippen molar-refractivity contribution < 1.29 is 26.8 Å². The molecule has 0 aromatic rings. The van der Waals surface area contributed by atoms with Crippen molar-refractivity contribution in [3.63, 3.8) is 0 Å². The Morgan fingerprint density at radius 1 is 1.05 bits per heavy atom. The largest absolute Gasteiger partial charge is 1.00 e. The minimum absolute atomic E-state index is 0. The average Bonchev–Trinajstić information content (AvgIpc) is 2.89. The zero-order chi connectivity index (χ0) is 15.3. The summed E-state index contributed by atoms with van der Waals surface area (Å²) < 4.78 is 5.32. The highest BCUT2D eigenvalue weighted by Crippen LogP contribution is 2.10. The fraction of sp³-hybridized carbons (Fsp3) is 0.941. The molecule has 1 saturated heterocycles. The number of halogens is 1. The Bertz CT molecular complexity index is 277.